The highest BCUT2D eigenvalue weighted by Crippen LogP contribution is 2.26. The van der Waals surface area contributed by atoms with Crippen molar-refractivity contribution in [2.75, 3.05) is 33.2 Å². The number of aliphatic hydroxyl groups is 1. The molecule has 2 heterocycles. The lowest BCUT2D eigenvalue weighted by Crippen LogP contribution is -2.43. The molecule has 0 aromatic heterocycles. The van der Waals surface area contributed by atoms with Crippen LogP contribution in [0, 0.1) is 11.8 Å². The van der Waals surface area contributed by atoms with Gasteiger partial charge in [0.15, 0.2) is 0 Å². The highest BCUT2D eigenvalue weighted by molar-refractivity contribution is 4.82. The van der Waals surface area contributed by atoms with E-state index in [9.17, 15) is 5.11 Å². The summed E-state index contributed by atoms with van der Waals surface area (Å²) >= 11 is 0. The zero-order chi connectivity index (χ0) is 10.7. The van der Waals surface area contributed by atoms with Crippen molar-refractivity contribution in [3.63, 3.8) is 0 Å². The quantitative estimate of drug-likeness (QED) is 0.707. The topological polar surface area (TPSA) is 35.5 Å². The lowest BCUT2D eigenvalue weighted by Gasteiger charge is -2.36. The van der Waals surface area contributed by atoms with Gasteiger partial charge in [0, 0.05) is 13.1 Å². The number of likely N-dealkylation sites (tertiary alicyclic amines) is 1. The second kappa shape index (κ2) is 5.28. The number of aliphatic hydroxyl groups excluding tert-OH is 1. The summed E-state index contributed by atoms with van der Waals surface area (Å²) in [6.07, 6.45) is 4.77. The lowest BCUT2D eigenvalue weighted by molar-refractivity contribution is 0.0228. The summed E-state index contributed by atoms with van der Waals surface area (Å²) in [5.74, 6) is 1.30. The van der Waals surface area contributed by atoms with Crippen molar-refractivity contribution in [2.24, 2.45) is 11.8 Å². The van der Waals surface area contributed by atoms with Gasteiger partial charge in [-0.05, 0) is 57.7 Å². The summed E-state index contributed by atoms with van der Waals surface area (Å²) in [5, 5.41) is 13.4. The fourth-order valence-electron chi connectivity index (χ4n) is 2.99. The smallest absolute Gasteiger partial charge is 0.0592 e. The molecule has 3 heteroatoms. The Bertz CT molecular complexity index is 192. The molecule has 2 aliphatic heterocycles. The molecule has 0 unspecified atom stereocenters. The van der Waals surface area contributed by atoms with Crippen LogP contribution >= 0.6 is 0 Å². The van der Waals surface area contributed by atoms with E-state index in [1.54, 1.807) is 0 Å². The molecule has 2 rings (SSSR count). The van der Waals surface area contributed by atoms with Crippen LogP contribution in [0.25, 0.3) is 0 Å². The summed E-state index contributed by atoms with van der Waals surface area (Å²) in [5.41, 5.74) is 0. The van der Waals surface area contributed by atoms with Crippen LogP contribution in [0.5, 0.6) is 0 Å². The zero-order valence-corrected chi connectivity index (χ0v) is 9.78. The van der Waals surface area contributed by atoms with Crippen molar-refractivity contribution < 1.29 is 5.11 Å². The van der Waals surface area contributed by atoms with Gasteiger partial charge in [-0.2, -0.15) is 0 Å². The summed E-state index contributed by atoms with van der Waals surface area (Å²) in [6.45, 7) is 4.48. The van der Waals surface area contributed by atoms with Gasteiger partial charge >= 0.3 is 0 Å². The molecular formula is C12H24N2O. The van der Waals surface area contributed by atoms with Gasteiger partial charge in [0.2, 0.25) is 0 Å². The fraction of sp³-hybridized carbons (Fsp3) is 1.00. The third kappa shape index (κ3) is 3.16. The van der Waals surface area contributed by atoms with Crippen LogP contribution in [0.3, 0.4) is 0 Å². The van der Waals surface area contributed by atoms with Crippen molar-refractivity contribution >= 4 is 0 Å². The first-order valence-electron chi connectivity index (χ1n) is 6.33. The van der Waals surface area contributed by atoms with Gasteiger partial charge in [0.05, 0.1) is 6.10 Å². The Morgan fingerprint density at radius 1 is 1.40 bits per heavy atom. The van der Waals surface area contributed by atoms with Crippen LogP contribution in [0.2, 0.25) is 0 Å². The number of hydrogen-bond donors (Lipinski definition) is 2. The SMILES string of the molecule is CN1CC[C@H](O)[C@H](C[C@@H]2CCCNC2)C1. The number of hydrogen-bond acceptors (Lipinski definition) is 3. The zero-order valence-electron chi connectivity index (χ0n) is 9.78. The van der Waals surface area contributed by atoms with E-state index in [1.165, 1.54) is 25.8 Å². The van der Waals surface area contributed by atoms with Gasteiger partial charge in [0.1, 0.15) is 0 Å². The maximum atomic E-state index is 9.97. The Balaban J connectivity index is 1.80. The molecule has 2 aliphatic rings. The molecule has 0 spiro atoms. The minimum absolute atomic E-state index is 0.0527. The molecule has 2 fully saturated rings. The van der Waals surface area contributed by atoms with Crippen LogP contribution in [0.15, 0.2) is 0 Å². The van der Waals surface area contributed by atoms with Gasteiger partial charge in [-0.1, -0.05) is 0 Å². The number of piperidine rings is 2. The molecule has 3 nitrogen and oxygen atoms in total. The van der Waals surface area contributed by atoms with Crippen LogP contribution in [0.4, 0.5) is 0 Å². The molecule has 3 atom stereocenters. The molecule has 0 bridgehead atoms. The van der Waals surface area contributed by atoms with Crippen molar-refractivity contribution in [1.82, 2.24) is 10.2 Å². The van der Waals surface area contributed by atoms with Crippen LogP contribution in [-0.4, -0.2) is 49.3 Å². The minimum Gasteiger partial charge on any atom is -0.393 e. The van der Waals surface area contributed by atoms with E-state index < -0.39 is 0 Å². The summed E-state index contributed by atoms with van der Waals surface area (Å²) in [7, 11) is 2.16. The molecule has 2 N–H and O–H groups in total. The summed E-state index contributed by atoms with van der Waals surface area (Å²) < 4.78 is 0. The molecule has 0 saturated carbocycles. The number of rotatable bonds is 2. The van der Waals surface area contributed by atoms with Gasteiger partial charge in [-0.15, -0.1) is 0 Å². The van der Waals surface area contributed by atoms with Crippen molar-refractivity contribution in [1.29, 1.82) is 0 Å². The Morgan fingerprint density at radius 2 is 2.27 bits per heavy atom. The molecule has 0 radical (unpaired) electrons. The highest BCUT2D eigenvalue weighted by atomic mass is 16.3. The van der Waals surface area contributed by atoms with E-state index in [-0.39, 0.29) is 6.10 Å². The largest absolute Gasteiger partial charge is 0.393 e. The van der Waals surface area contributed by atoms with Crippen molar-refractivity contribution in [3.8, 4) is 0 Å². The van der Waals surface area contributed by atoms with E-state index in [2.05, 4.69) is 17.3 Å². The standard InChI is InChI=1S/C12H24N2O/c1-14-6-4-12(15)11(9-14)7-10-3-2-5-13-8-10/h10-13,15H,2-9H2,1H3/t10-,11+,12-/m0/s1. The van der Waals surface area contributed by atoms with Gasteiger partial charge in [-0.3, -0.25) is 0 Å². The Morgan fingerprint density at radius 3 is 3.00 bits per heavy atom. The Labute approximate surface area is 92.8 Å². The molecule has 0 aliphatic carbocycles. The molecule has 2 saturated heterocycles. The van der Waals surface area contributed by atoms with Gasteiger partial charge < -0.3 is 15.3 Å². The third-order valence-corrected chi connectivity index (χ3v) is 3.93. The minimum atomic E-state index is -0.0527. The van der Waals surface area contributed by atoms with Crippen LogP contribution < -0.4 is 5.32 Å². The molecule has 88 valence electrons. The highest BCUT2D eigenvalue weighted by Gasteiger charge is 2.28. The second-order valence-corrected chi connectivity index (χ2v) is 5.33. The van der Waals surface area contributed by atoms with E-state index in [0.29, 0.717) is 5.92 Å². The predicted molar refractivity (Wildman–Crippen MR) is 61.8 cm³/mol. The first kappa shape index (κ1) is 11.4. The first-order chi connectivity index (χ1) is 7.25. The lowest BCUT2D eigenvalue weighted by atomic mass is 9.83. The molecule has 15 heavy (non-hydrogen) atoms. The predicted octanol–water partition coefficient (Wildman–Crippen LogP) is 0.689. The fourth-order valence-corrected chi connectivity index (χ4v) is 2.99. The average molecular weight is 212 g/mol. The Kier molecular flexibility index (Phi) is 4.00. The molecular weight excluding hydrogens is 188 g/mol. The number of nitrogens with zero attached hydrogens (tertiary/aromatic N) is 1. The molecule has 0 amide bonds. The molecule has 0 aromatic rings. The maximum Gasteiger partial charge on any atom is 0.0592 e. The van der Waals surface area contributed by atoms with Crippen LogP contribution in [0.1, 0.15) is 25.7 Å². The summed E-state index contributed by atoms with van der Waals surface area (Å²) in [6, 6.07) is 0. The maximum absolute atomic E-state index is 9.97. The Hall–Kier alpha value is -0.120. The van der Waals surface area contributed by atoms with E-state index in [4.69, 9.17) is 0 Å². The van der Waals surface area contributed by atoms with Crippen molar-refractivity contribution in [3.05, 3.63) is 0 Å². The summed E-state index contributed by atoms with van der Waals surface area (Å²) in [4.78, 5) is 2.35. The van der Waals surface area contributed by atoms with E-state index in [0.717, 1.165) is 32.0 Å². The van der Waals surface area contributed by atoms with E-state index in [1.807, 2.05) is 0 Å². The van der Waals surface area contributed by atoms with Gasteiger partial charge in [-0.25, -0.2) is 0 Å². The normalized spacial score (nSPS) is 39.2. The van der Waals surface area contributed by atoms with E-state index >= 15 is 0 Å². The average Bonchev–Trinajstić information content (AvgIpc) is 2.25. The van der Waals surface area contributed by atoms with Crippen molar-refractivity contribution in [2.45, 2.75) is 31.8 Å². The third-order valence-electron chi connectivity index (χ3n) is 3.93. The van der Waals surface area contributed by atoms with Crippen LogP contribution in [-0.2, 0) is 0 Å². The monoisotopic (exact) mass is 212 g/mol. The first-order valence-corrected chi connectivity index (χ1v) is 6.33. The molecule has 0 aromatic carbocycles. The van der Waals surface area contributed by atoms with Gasteiger partial charge in [0.25, 0.3) is 0 Å². The number of nitrogens with one attached hydrogen (secondary N) is 1. The second-order valence-electron chi connectivity index (χ2n) is 5.33.